The van der Waals surface area contributed by atoms with Crippen LogP contribution in [0.5, 0.6) is 0 Å². The van der Waals surface area contributed by atoms with Crippen LogP contribution in [0.15, 0.2) is 40.9 Å². The van der Waals surface area contributed by atoms with Gasteiger partial charge in [0.2, 0.25) is 0 Å². The second kappa shape index (κ2) is 4.49. The zero-order chi connectivity index (χ0) is 11.5. The van der Waals surface area contributed by atoms with Gasteiger partial charge in [0.25, 0.3) is 0 Å². The quantitative estimate of drug-likeness (QED) is 0.478. The van der Waals surface area contributed by atoms with Crippen LogP contribution in [0.3, 0.4) is 0 Å². The van der Waals surface area contributed by atoms with Crippen LogP contribution in [-0.2, 0) is 0 Å². The topological polar surface area (TPSA) is 32.6 Å². The van der Waals surface area contributed by atoms with Gasteiger partial charge in [0.15, 0.2) is 0 Å². The zero-order valence-corrected chi connectivity index (χ0v) is 10.1. The standard InChI is InChI=1S/C13H13NOS/c1-9-7-12(16-8-9)13(14-15)11-6-4-3-5-10(11)2/h3-8,15H,1-2H3/b14-13-. The van der Waals surface area contributed by atoms with Gasteiger partial charge in [-0.05, 0) is 36.4 Å². The molecule has 0 saturated heterocycles. The summed E-state index contributed by atoms with van der Waals surface area (Å²) in [6.07, 6.45) is 0. The minimum absolute atomic E-state index is 0.649. The molecule has 0 amide bonds. The molecule has 1 aromatic carbocycles. The maximum atomic E-state index is 9.16. The van der Waals surface area contributed by atoms with Crippen molar-refractivity contribution in [2.45, 2.75) is 13.8 Å². The molecule has 1 heterocycles. The first-order chi connectivity index (χ1) is 7.72. The van der Waals surface area contributed by atoms with Gasteiger partial charge in [-0.25, -0.2) is 0 Å². The van der Waals surface area contributed by atoms with E-state index in [-0.39, 0.29) is 0 Å². The van der Waals surface area contributed by atoms with Crippen molar-refractivity contribution in [1.29, 1.82) is 0 Å². The van der Waals surface area contributed by atoms with E-state index in [1.54, 1.807) is 11.3 Å². The molecule has 0 aliphatic rings. The highest BCUT2D eigenvalue weighted by molar-refractivity contribution is 7.12. The molecule has 3 heteroatoms. The lowest BCUT2D eigenvalue weighted by atomic mass is 10.0. The Balaban J connectivity index is 2.50. The fraction of sp³-hybridized carbons (Fsp3) is 0.154. The van der Waals surface area contributed by atoms with Gasteiger partial charge in [-0.15, -0.1) is 11.3 Å². The summed E-state index contributed by atoms with van der Waals surface area (Å²) in [5.74, 6) is 0. The van der Waals surface area contributed by atoms with E-state index in [2.05, 4.69) is 10.5 Å². The molecule has 0 aliphatic carbocycles. The van der Waals surface area contributed by atoms with E-state index in [1.165, 1.54) is 5.56 Å². The largest absolute Gasteiger partial charge is 0.410 e. The minimum atomic E-state index is 0.649. The Kier molecular flexibility index (Phi) is 3.06. The highest BCUT2D eigenvalue weighted by Gasteiger charge is 2.11. The first kappa shape index (κ1) is 10.9. The minimum Gasteiger partial charge on any atom is -0.410 e. The van der Waals surface area contributed by atoms with Gasteiger partial charge in [-0.2, -0.15) is 0 Å². The van der Waals surface area contributed by atoms with Crippen molar-refractivity contribution >= 4 is 17.0 Å². The number of aryl methyl sites for hydroxylation is 2. The van der Waals surface area contributed by atoms with Crippen LogP contribution in [-0.4, -0.2) is 10.9 Å². The molecule has 0 bridgehead atoms. The highest BCUT2D eigenvalue weighted by Crippen LogP contribution is 2.20. The van der Waals surface area contributed by atoms with Gasteiger partial charge in [-0.3, -0.25) is 0 Å². The maximum Gasteiger partial charge on any atom is 0.127 e. The van der Waals surface area contributed by atoms with Crippen molar-refractivity contribution in [2.75, 3.05) is 0 Å². The molecule has 0 atom stereocenters. The number of oxime groups is 1. The molecule has 2 rings (SSSR count). The lowest BCUT2D eigenvalue weighted by Gasteiger charge is -2.05. The van der Waals surface area contributed by atoms with Crippen LogP contribution < -0.4 is 0 Å². The van der Waals surface area contributed by atoms with Gasteiger partial charge in [0.05, 0.1) is 4.88 Å². The Hall–Kier alpha value is -1.61. The Bertz CT molecular complexity index is 528. The van der Waals surface area contributed by atoms with Crippen molar-refractivity contribution < 1.29 is 5.21 Å². The summed E-state index contributed by atoms with van der Waals surface area (Å²) in [6, 6.07) is 9.95. The van der Waals surface area contributed by atoms with Crippen molar-refractivity contribution in [3.8, 4) is 0 Å². The van der Waals surface area contributed by atoms with Crippen molar-refractivity contribution in [3.63, 3.8) is 0 Å². The van der Waals surface area contributed by atoms with E-state index in [0.717, 1.165) is 16.0 Å². The van der Waals surface area contributed by atoms with E-state index in [1.807, 2.05) is 44.2 Å². The second-order valence-electron chi connectivity index (χ2n) is 3.75. The van der Waals surface area contributed by atoms with Crippen LogP contribution in [0, 0.1) is 13.8 Å². The predicted molar refractivity (Wildman–Crippen MR) is 67.7 cm³/mol. The Morgan fingerprint density at radius 3 is 2.56 bits per heavy atom. The average molecular weight is 231 g/mol. The number of nitrogens with zero attached hydrogens (tertiary/aromatic N) is 1. The Morgan fingerprint density at radius 1 is 1.25 bits per heavy atom. The fourth-order valence-corrected chi connectivity index (χ4v) is 2.53. The van der Waals surface area contributed by atoms with Crippen LogP contribution in [0.1, 0.15) is 21.6 Å². The van der Waals surface area contributed by atoms with E-state index in [0.29, 0.717) is 5.71 Å². The molecule has 0 aliphatic heterocycles. The summed E-state index contributed by atoms with van der Waals surface area (Å²) in [5, 5.41) is 14.6. The summed E-state index contributed by atoms with van der Waals surface area (Å²) >= 11 is 1.59. The van der Waals surface area contributed by atoms with Crippen LogP contribution in [0.25, 0.3) is 0 Å². The smallest absolute Gasteiger partial charge is 0.127 e. The molecule has 16 heavy (non-hydrogen) atoms. The molecular formula is C13H13NOS. The molecule has 0 unspecified atom stereocenters. The maximum absolute atomic E-state index is 9.16. The van der Waals surface area contributed by atoms with Crippen LogP contribution in [0.2, 0.25) is 0 Å². The van der Waals surface area contributed by atoms with E-state index < -0.39 is 0 Å². The third-order valence-electron chi connectivity index (χ3n) is 2.46. The van der Waals surface area contributed by atoms with Gasteiger partial charge in [0, 0.05) is 5.56 Å². The van der Waals surface area contributed by atoms with Crippen molar-refractivity contribution in [3.05, 3.63) is 57.3 Å². The summed E-state index contributed by atoms with van der Waals surface area (Å²) < 4.78 is 0. The molecule has 2 aromatic rings. The first-order valence-corrected chi connectivity index (χ1v) is 5.94. The first-order valence-electron chi connectivity index (χ1n) is 5.06. The molecule has 0 fully saturated rings. The van der Waals surface area contributed by atoms with Crippen molar-refractivity contribution in [1.82, 2.24) is 0 Å². The van der Waals surface area contributed by atoms with Crippen LogP contribution in [0.4, 0.5) is 0 Å². The highest BCUT2D eigenvalue weighted by atomic mass is 32.1. The third kappa shape index (κ3) is 1.99. The fourth-order valence-electron chi connectivity index (χ4n) is 1.63. The summed E-state index contributed by atoms with van der Waals surface area (Å²) in [4.78, 5) is 0.995. The zero-order valence-electron chi connectivity index (χ0n) is 9.27. The molecule has 0 radical (unpaired) electrons. The molecule has 82 valence electrons. The van der Waals surface area contributed by atoms with E-state index >= 15 is 0 Å². The SMILES string of the molecule is Cc1csc(/C(=N\O)c2ccccc2C)c1. The van der Waals surface area contributed by atoms with Gasteiger partial charge in [-0.1, -0.05) is 29.4 Å². The van der Waals surface area contributed by atoms with E-state index in [9.17, 15) is 0 Å². The normalized spacial score (nSPS) is 11.8. The molecule has 0 saturated carbocycles. The van der Waals surface area contributed by atoms with Gasteiger partial charge in [0.1, 0.15) is 5.71 Å². The third-order valence-corrected chi connectivity index (χ3v) is 3.52. The lowest BCUT2D eigenvalue weighted by molar-refractivity contribution is 0.319. The number of rotatable bonds is 2. The second-order valence-corrected chi connectivity index (χ2v) is 4.66. The Labute approximate surface area is 98.9 Å². The van der Waals surface area contributed by atoms with E-state index in [4.69, 9.17) is 5.21 Å². The summed E-state index contributed by atoms with van der Waals surface area (Å²) in [7, 11) is 0. The monoisotopic (exact) mass is 231 g/mol. The predicted octanol–water partition coefficient (Wildman–Crippen LogP) is 3.59. The molecular weight excluding hydrogens is 218 g/mol. The van der Waals surface area contributed by atoms with Crippen LogP contribution >= 0.6 is 11.3 Å². The van der Waals surface area contributed by atoms with Gasteiger partial charge >= 0.3 is 0 Å². The number of hydrogen-bond acceptors (Lipinski definition) is 3. The number of benzene rings is 1. The Morgan fingerprint density at radius 2 is 2.00 bits per heavy atom. The van der Waals surface area contributed by atoms with Crippen molar-refractivity contribution in [2.24, 2.45) is 5.16 Å². The molecule has 1 aromatic heterocycles. The molecule has 1 N–H and O–H groups in total. The molecule has 2 nitrogen and oxygen atoms in total. The van der Waals surface area contributed by atoms with Gasteiger partial charge < -0.3 is 5.21 Å². The summed E-state index contributed by atoms with van der Waals surface area (Å²) in [6.45, 7) is 4.05. The number of thiophene rings is 1. The average Bonchev–Trinajstić information content (AvgIpc) is 2.69. The lowest BCUT2D eigenvalue weighted by Crippen LogP contribution is -2.03. The molecule has 0 spiro atoms. The number of hydrogen-bond donors (Lipinski definition) is 1. The summed E-state index contributed by atoms with van der Waals surface area (Å²) in [5.41, 5.74) is 3.93.